The van der Waals surface area contributed by atoms with Crippen molar-refractivity contribution < 1.29 is 19.0 Å². The summed E-state index contributed by atoms with van der Waals surface area (Å²) in [5, 5.41) is 3.20. The molecule has 154 valence electrons. The number of aromatic nitrogens is 1. The topological polar surface area (TPSA) is 64.1 Å². The Morgan fingerprint density at radius 2 is 2.03 bits per heavy atom. The van der Waals surface area contributed by atoms with Gasteiger partial charge in [-0.05, 0) is 30.7 Å². The fraction of sp³-hybridized carbons (Fsp3) is 0.429. The number of amides is 1. The summed E-state index contributed by atoms with van der Waals surface area (Å²) in [7, 11) is 1.60. The van der Waals surface area contributed by atoms with Crippen LogP contribution in [-0.2, 0) is 11.3 Å². The molecule has 4 rings (SSSR count). The second-order valence-electron chi connectivity index (χ2n) is 7.04. The summed E-state index contributed by atoms with van der Waals surface area (Å²) in [5.74, 6) is 1.89. The first-order valence-electron chi connectivity index (χ1n) is 9.70. The van der Waals surface area contributed by atoms with Crippen LogP contribution in [0, 0.1) is 6.92 Å². The van der Waals surface area contributed by atoms with Gasteiger partial charge in [-0.3, -0.25) is 9.69 Å². The van der Waals surface area contributed by atoms with E-state index in [1.165, 1.54) is 0 Å². The van der Waals surface area contributed by atoms with E-state index >= 15 is 0 Å². The lowest BCUT2D eigenvalue weighted by Gasteiger charge is -2.33. The van der Waals surface area contributed by atoms with Crippen LogP contribution < -0.4 is 14.2 Å². The fourth-order valence-electron chi connectivity index (χ4n) is 3.50. The number of thiazole rings is 1. The van der Waals surface area contributed by atoms with Crippen molar-refractivity contribution in [3.8, 4) is 17.2 Å². The van der Waals surface area contributed by atoms with Crippen LogP contribution in [0.25, 0.3) is 6.08 Å². The minimum Gasteiger partial charge on any atom is -0.493 e. The van der Waals surface area contributed by atoms with E-state index in [-0.39, 0.29) is 5.91 Å². The molecule has 2 aliphatic rings. The Hall–Kier alpha value is -2.58. The standard InChI is InChI=1S/C21H25N3O4S/c1-15-22-17(14-29-15)13-23-5-7-24(8-6-23)20(25)4-3-16-11-18(26-2)21-19(12-16)27-9-10-28-21/h3-4,11-12,14H,5-10,13H2,1-2H3/b4-3+. The highest BCUT2D eigenvalue weighted by Gasteiger charge is 2.21. The molecule has 1 aromatic carbocycles. The van der Waals surface area contributed by atoms with Gasteiger partial charge >= 0.3 is 0 Å². The van der Waals surface area contributed by atoms with Gasteiger partial charge in [0, 0.05) is 44.2 Å². The van der Waals surface area contributed by atoms with Gasteiger partial charge in [-0.15, -0.1) is 11.3 Å². The summed E-state index contributed by atoms with van der Waals surface area (Å²) < 4.78 is 16.7. The third kappa shape index (κ3) is 4.71. The molecule has 1 fully saturated rings. The minimum atomic E-state index is 0.0167. The van der Waals surface area contributed by atoms with Crippen molar-refractivity contribution in [2.45, 2.75) is 13.5 Å². The molecule has 0 bridgehead atoms. The van der Waals surface area contributed by atoms with Crippen LogP contribution in [0.2, 0.25) is 0 Å². The Bertz CT molecular complexity index is 886. The SMILES string of the molecule is COc1cc(/C=C/C(=O)N2CCN(Cc3csc(C)n3)CC2)cc2c1OCCO2. The van der Waals surface area contributed by atoms with E-state index in [1.54, 1.807) is 30.6 Å². The van der Waals surface area contributed by atoms with E-state index in [4.69, 9.17) is 14.2 Å². The average molecular weight is 416 g/mol. The lowest BCUT2D eigenvalue weighted by Crippen LogP contribution is -2.47. The van der Waals surface area contributed by atoms with Crippen LogP contribution in [0.3, 0.4) is 0 Å². The van der Waals surface area contributed by atoms with Crippen molar-refractivity contribution >= 4 is 23.3 Å². The van der Waals surface area contributed by atoms with Crippen LogP contribution in [0.15, 0.2) is 23.6 Å². The molecule has 0 saturated carbocycles. The van der Waals surface area contributed by atoms with Crippen LogP contribution in [-0.4, -0.2) is 67.2 Å². The molecule has 2 aliphatic heterocycles. The maximum Gasteiger partial charge on any atom is 0.246 e. The van der Waals surface area contributed by atoms with Gasteiger partial charge in [-0.25, -0.2) is 4.98 Å². The first-order chi connectivity index (χ1) is 14.1. The molecule has 29 heavy (non-hydrogen) atoms. The molecule has 8 heteroatoms. The molecular weight excluding hydrogens is 390 g/mol. The highest BCUT2D eigenvalue weighted by atomic mass is 32.1. The van der Waals surface area contributed by atoms with Crippen molar-refractivity contribution in [3.63, 3.8) is 0 Å². The molecular formula is C21H25N3O4S. The Labute approximate surface area is 174 Å². The van der Waals surface area contributed by atoms with E-state index in [0.717, 1.165) is 49.0 Å². The zero-order chi connectivity index (χ0) is 20.2. The van der Waals surface area contributed by atoms with Crippen LogP contribution >= 0.6 is 11.3 Å². The zero-order valence-corrected chi connectivity index (χ0v) is 17.5. The van der Waals surface area contributed by atoms with Crippen molar-refractivity contribution in [2.75, 3.05) is 46.5 Å². The van der Waals surface area contributed by atoms with Crippen LogP contribution in [0.4, 0.5) is 0 Å². The third-order valence-electron chi connectivity index (χ3n) is 5.00. The molecule has 0 aliphatic carbocycles. The minimum absolute atomic E-state index is 0.0167. The normalized spacial score (nSPS) is 17.0. The number of carbonyl (C=O) groups excluding carboxylic acids is 1. The number of hydrogen-bond acceptors (Lipinski definition) is 7. The number of carbonyl (C=O) groups is 1. The Kier molecular flexibility index (Phi) is 6.01. The number of nitrogens with zero attached hydrogens (tertiary/aromatic N) is 3. The van der Waals surface area contributed by atoms with E-state index in [2.05, 4.69) is 15.3 Å². The Morgan fingerprint density at radius 1 is 1.24 bits per heavy atom. The van der Waals surface area contributed by atoms with Crippen molar-refractivity contribution in [1.82, 2.24) is 14.8 Å². The summed E-state index contributed by atoms with van der Waals surface area (Å²) in [5.41, 5.74) is 1.96. The van der Waals surface area contributed by atoms with E-state index in [1.807, 2.05) is 24.0 Å². The highest BCUT2D eigenvalue weighted by molar-refractivity contribution is 7.09. The smallest absolute Gasteiger partial charge is 0.246 e. The van der Waals surface area contributed by atoms with Gasteiger partial charge in [0.1, 0.15) is 13.2 Å². The Morgan fingerprint density at radius 3 is 2.76 bits per heavy atom. The quantitative estimate of drug-likeness (QED) is 0.700. The maximum absolute atomic E-state index is 12.6. The van der Waals surface area contributed by atoms with Gasteiger partial charge in [-0.1, -0.05) is 0 Å². The molecule has 1 amide bonds. The van der Waals surface area contributed by atoms with Gasteiger partial charge < -0.3 is 19.1 Å². The van der Waals surface area contributed by atoms with Crippen LogP contribution in [0.5, 0.6) is 17.2 Å². The molecule has 1 saturated heterocycles. The molecule has 0 N–H and O–H groups in total. The second-order valence-corrected chi connectivity index (χ2v) is 8.10. The summed E-state index contributed by atoms with van der Waals surface area (Å²) >= 11 is 1.68. The van der Waals surface area contributed by atoms with E-state index < -0.39 is 0 Å². The highest BCUT2D eigenvalue weighted by Crippen LogP contribution is 2.40. The molecule has 0 unspecified atom stereocenters. The van der Waals surface area contributed by atoms with Gasteiger partial charge in [-0.2, -0.15) is 0 Å². The van der Waals surface area contributed by atoms with Crippen LogP contribution in [0.1, 0.15) is 16.3 Å². The molecule has 1 aromatic heterocycles. The monoisotopic (exact) mass is 415 g/mol. The number of ether oxygens (including phenoxy) is 3. The number of rotatable bonds is 5. The van der Waals surface area contributed by atoms with E-state index in [9.17, 15) is 4.79 Å². The number of aryl methyl sites for hydroxylation is 1. The predicted molar refractivity (Wildman–Crippen MR) is 112 cm³/mol. The maximum atomic E-state index is 12.6. The molecule has 0 spiro atoms. The van der Waals surface area contributed by atoms with Crippen molar-refractivity contribution in [2.24, 2.45) is 0 Å². The number of piperazine rings is 1. The summed E-state index contributed by atoms with van der Waals surface area (Å²) in [6, 6.07) is 3.72. The largest absolute Gasteiger partial charge is 0.493 e. The lowest BCUT2D eigenvalue weighted by atomic mass is 10.1. The summed E-state index contributed by atoms with van der Waals surface area (Å²) in [6.07, 6.45) is 3.41. The molecule has 2 aromatic rings. The second kappa shape index (κ2) is 8.84. The summed E-state index contributed by atoms with van der Waals surface area (Å²) in [6.45, 7) is 7.03. The van der Waals surface area contributed by atoms with Crippen molar-refractivity contribution in [1.29, 1.82) is 0 Å². The predicted octanol–water partition coefficient (Wildman–Crippen LogP) is 2.59. The average Bonchev–Trinajstić information content (AvgIpc) is 3.16. The number of hydrogen-bond donors (Lipinski definition) is 0. The number of benzene rings is 1. The van der Waals surface area contributed by atoms with Crippen molar-refractivity contribution in [3.05, 3.63) is 39.9 Å². The fourth-order valence-corrected chi connectivity index (χ4v) is 4.10. The Balaban J connectivity index is 1.34. The molecule has 3 heterocycles. The molecule has 7 nitrogen and oxygen atoms in total. The summed E-state index contributed by atoms with van der Waals surface area (Å²) in [4.78, 5) is 21.4. The van der Waals surface area contributed by atoms with E-state index in [0.29, 0.717) is 30.5 Å². The van der Waals surface area contributed by atoms with Gasteiger partial charge in [0.15, 0.2) is 11.5 Å². The van der Waals surface area contributed by atoms with Gasteiger partial charge in [0.2, 0.25) is 11.7 Å². The first kappa shape index (κ1) is 19.7. The third-order valence-corrected chi connectivity index (χ3v) is 5.83. The number of fused-ring (bicyclic) bond motifs is 1. The lowest BCUT2D eigenvalue weighted by molar-refractivity contribution is -0.127. The zero-order valence-electron chi connectivity index (χ0n) is 16.7. The number of methoxy groups -OCH3 is 1. The molecule has 0 atom stereocenters. The van der Waals surface area contributed by atoms with Gasteiger partial charge in [0.05, 0.1) is 17.8 Å². The van der Waals surface area contributed by atoms with Gasteiger partial charge in [0.25, 0.3) is 0 Å². The first-order valence-corrected chi connectivity index (χ1v) is 10.6. The molecule has 0 radical (unpaired) electrons.